The van der Waals surface area contributed by atoms with E-state index >= 15 is 0 Å². The highest BCUT2D eigenvalue weighted by atomic mass is 16.5. The zero-order chi connectivity index (χ0) is 13.4. The Morgan fingerprint density at radius 1 is 1.50 bits per heavy atom. The Bertz CT molecular complexity index is 452. The van der Waals surface area contributed by atoms with Crippen molar-refractivity contribution in [3.8, 4) is 11.8 Å². The Labute approximate surface area is 106 Å². The Morgan fingerprint density at radius 2 is 2.28 bits per heavy atom. The molecule has 0 aliphatic carbocycles. The monoisotopic (exact) mass is 248 g/mol. The van der Waals surface area contributed by atoms with Crippen LogP contribution in [0.25, 0.3) is 0 Å². The molecule has 0 saturated heterocycles. The normalized spacial score (nSPS) is 9.56. The molecule has 0 amide bonds. The van der Waals surface area contributed by atoms with Crippen molar-refractivity contribution in [2.75, 3.05) is 18.9 Å². The molecule has 2 N–H and O–H groups in total. The lowest BCUT2D eigenvalue weighted by Crippen LogP contribution is -2.11. The van der Waals surface area contributed by atoms with Gasteiger partial charge in [-0.1, -0.05) is 6.07 Å². The standard InChI is InChI=1S/C13H16N2O3/c1-2-17-11-7-5-6-10(15)12(11)13(16)18-9-4-3-8-14/h5-7H,2-4,9,15H2,1H3. The highest BCUT2D eigenvalue weighted by molar-refractivity contribution is 5.98. The molecule has 96 valence electrons. The van der Waals surface area contributed by atoms with Gasteiger partial charge < -0.3 is 15.2 Å². The summed E-state index contributed by atoms with van der Waals surface area (Å²) in [5.41, 5.74) is 6.32. The number of anilines is 1. The maximum Gasteiger partial charge on any atom is 0.344 e. The van der Waals surface area contributed by atoms with E-state index in [1.165, 1.54) is 0 Å². The van der Waals surface area contributed by atoms with Crippen LogP contribution in [0, 0.1) is 11.3 Å². The molecule has 5 heteroatoms. The molecule has 0 unspecified atom stereocenters. The predicted octanol–water partition coefficient (Wildman–Crippen LogP) is 2.13. The van der Waals surface area contributed by atoms with E-state index in [-0.39, 0.29) is 12.2 Å². The minimum absolute atomic E-state index is 0.201. The summed E-state index contributed by atoms with van der Waals surface area (Å²) in [5.74, 6) is -0.0997. The number of ether oxygens (including phenoxy) is 2. The molecule has 0 saturated carbocycles. The van der Waals surface area contributed by atoms with Crippen molar-refractivity contribution in [2.24, 2.45) is 0 Å². The summed E-state index contributed by atoms with van der Waals surface area (Å²) < 4.78 is 10.4. The van der Waals surface area contributed by atoms with Crippen LogP contribution in [0.3, 0.4) is 0 Å². The highest BCUT2D eigenvalue weighted by Gasteiger charge is 2.17. The van der Waals surface area contributed by atoms with Gasteiger partial charge in [0.1, 0.15) is 11.3 Å². The lowest BCUT2D eigenvalue weighted by Gasteiger charge is -2.11. The van der Waals surface area contributed by atoms with Crippen LogP contribution in [0.4, 0.5) is 5.69 Å². The summed E-state index contributed by atoms with van der Waals surface area (Å²) in [6, 6.07) is 6.99. The van der Waals surface area contributed by atoms with Crippen LogP contribution < -0.4 is 10.5 Å². The first kappa shape index (κ1) is 13.8. The lowest BCUT2D eigenvalue weighted by molar-refractivity contribution is 0.0498. The molecule has 0 spiro atoms. The minimum Gasteiger partial charge on any atom is -0.493 e. The average Bonchev–Trinajstić information content (AvgIpc) is 2.35. The van der Waals surface area contributed by atoms with Gasteiger partial charge in [-0.25, -0.2) is 4.79 Å². The fraction of sp³-hybridized carbons (Fsp3) is 0.385. The number of rotatable bonds is 6. The van der Waals surface area contributed by atoms with E-state index in [0.29, 0.717) is 30.9 Å². The Balaban J connectivity index is 2.74. The van der Waals surface area contributed by atoms with Crippen LogP contribution in [-0.2, 0) is 4.74 Å². The van der Waals surface area contributed by atoms with Crippen molar-refractivity contribution in [1.82, 2.24) is 0 Å². The number of unbranched alkanes of at least 4 members (excludes halogenated alkanes) is 1. The molecule has 0 aliphatic heterocycles. The van der Waals surface area contributed by atoms with Gasteiger partial charge in [0.15, 0.2) is 0 Å². The topological polar surface area (TPSA) is 85.3 Å². The fourth-order valence-corrected chi connectivity index (χ4v) is 1.43. The molecule has 0 radical (unpaired) electrons. The number of nitrogen functional groups attached to an aromatic ring is 1. The quantitative estimate of drug-likeness (QED) is 0.473. The Hall–Kier alpha value is -2.22. The highest BCUT2D eigenvalue weighted by Crippen LogP contribution is 2.25. The first-order chi connectivity index (χ1) is 8.70. The molecule has 0 atom stereocenters. The summed E-state index contributed by atoms with van der Waals surface area (Å²) >= 11 is 0. The Morgan fingerprint density at radius 3 is 2.94 bits per heavy atom. The van der Waals surface area contributed by atoms with E-state index in [0.717, 1.165) is 0 Å². The SMILES string of the molecule is CCOc1cccc(N)c1C(=O)OCCCC#N. The van der Waals surface area contributed by atoms with Gasteiger partial charge in [0.05, 0.1) is 19.3 Å². The molecule has 1 rings (SSSR count). The number of hydrogen-bond acceptors (Lipinski definition) is 5. The molecule has 0 bridgehead atoms. The largest absolute Gasteiger partial charge is 0.493 e. The number of nitrogens with two attached hydrogens (primary N) is 1. The van der Waals surface area contributed by atoms with Gasteiger partial charge in [0, 0.05) is 12.1 Å². The van der Waals surface area contributed by atoms with Crippen molar-refractivity contribution in [3.05, 3.63) is 23.8 Å². The number of esters is 1. The number of carbonyl (C=O) groups is 1. The number of carbonyl (C=O) groups excluding carboxylic acids is 1. The third-order valence-corrected chi connectivity index (χ3v) is 2.23. The molecule has 0 fully saturated rings. The summed E-state index contributed by atoms with van der Waals surface area (Å²) in [4.78, 5) is 11.9. The van der Waals surface area contributed by atoms with Gasteiger partial charge in [-0.05, 0) is 25.5 Å². The van der Waals surface area contributed by atoms with Gasteiger partial charge in [0.25, 0.3) is 0 Å². The van der Waals surface area contributed by atoms with Crippen LogP contribution in [-0.4, -0.2) is 19.2 Å². The van der Waals surface area contributed by atoms with E-state index in [2.05, 4.69) is 0 Å². The van der Waals surface area contributed by atoms with E-state index in [1.54, 1.807) is 18.2 Å². The molecular formula is C13H16N2O3. The van der Waals surface area contributed by atoms with Gasteiger partial charge >= 0.3 is 5.97 Å². The lowest BCUT2D eigenvalue weighted by atomic mass is 10.1. The molecule has 1 aromatic carbocycles. The van der Waals surface area contributed by atoms with Crippen molar-refractivity contribution in [2.45, 2.75) is 19.8 Å². The summed E-state index contributed by atoms with van der Waals surface area (Å²) in [6.45, 7) is 2.47. The van der Waals surface area contributed by atoms with Crippen LogP contribution in [0.2, 0.25) is 0 Å². The van der Waals surface area contributed by atoms with Crippen molar-refractivity contribution < 1.29 is 14.3 Å². The first-order valence-electron chi connectivity index (χ1n) is 5.76. The molecule has 0 heterocycles. The molecule has 0 aromatic heterocycles. The summed E-state index contributed by atoms with van der Waals surface area (Å²) in [6.07, 6.45) is 0.870. The third kappa shape index (κ3) is 3.67. The summed E-state index contributed by atoms with van der Waals surface area (Å²) in [7, 11) is 0. The van der Waals surface area contributed by atoms with Crippen molar-refractivity contribution in [1.29, 1.82) is 5.26 Å². The number of benzene rings is 1. The van der Waals surface area contributed by atoms with Crippen molar-refractivity contribution >= 4 is 11.7 Å². The minimum atomic E-state index is -0.519. The zero-order valence-electron chi connectivity index (χ0n) is 10.3. The van der Waals surface area contributed by atoms with Crippen LogP contribution in [0.15, 0.2) is 18.2 Å². The third-order valence-electron chi connectivity index (χ3n) is 2.23. The van der Waals surface area contributed by atoms with Gasteiger partial charge in [-0.2, -0.15) is 5.26 Å². The van der Waals surface area contributed by atoms with Crippen LogP contribution >= 0.6 is 0 Å². The molecule has 1 aromatic rings. The number of hydrogen-bond donors (Lipinski definition) is 1. The average molecular weight is 248 g/mol. The Kier molecular flexibility index (Phi) is 5.52. The molecule has 18 heavy (non-hydrogen) atoms. The summed E-state index contributed by atoms with van der Waals surface area (Å²) in [5, 5.41) is 8.38. The smallest absolute Gasteiger partial charge is 0.344 e. The second-order valence-electron chi connectivity index (χ2n) is 3.55. The maximum atomic E-state index is 11.9. The predicted molar refractivity (Wildman–Crippen MR) is 67.2 cm³/mol. The van der Waals surface area contributed by atoms with Crippen molar-refractivity contribution in [3.63, 3.8) is 0 Å². The number of nitriles is 1. The van der Waals surface area contributed by atoms with E-state index in [1.807, 2.05) is 13.0 Å². The van der Waals surface area contributed by atoms with Gasteiger partial charge in [0.2, 0.25) is 0 Å². The van der Waals surface area contributed by atoms with Gasteiger partial charge in [-0.15, -0.1) is 0 Å². The molecule has 5 nitrogen and oxygen atoms in total. The van der Waals surface area contributed by atoms with Crippen LogP contribution in [0.5, 0.6) is 5.75 Å². The van der Waals surface area contributed by atoms with Gasteiger partial charge in [-0.3, -0.25) is 0 Å². The second kappa shape index (κ2) is 7.17. The van der Waals surface area contributed by atoms with E-state index in [9.17, 15) is 4.79 Å². The first-order valence-corrected chi connectivity index (χ1v) is 5.76. The van der Waals surface area contributed by atoms with E-state index < -0.39 is 5.97 Å². The molecular weight excluding hydrogens is 232 g/mol. The maximum absolute atomic E-state index is 11.9. The van der Waals surface area contributed by atoms with E-state index in [4.69, 9.17) is 20.5 Å². The number of nitrogens with zero attached hydrogens (tertiary/aromatic N) is 1. The molecule has 0 aliphatic rings. The zero-order valence-corrected chi connectivity index (χ0v) is 10.3. The fourth-order valence-electron chi connectivity index (χ4n) is 1.43. The second-order valence-corrected chi connectivity index (χ2v) is 3.55. The van der Waals surface area contributed by atoms with Crippen LogP contribution in [0.1, 0.15) is 30.1 Å².